The Balaban J connectivity index is 2.11. The second-order valence-electron chi connectivity index (χ2n) is 4.36. The van der Waals surface area contributed by atoms with Crippen molar-refractivity contribution in [2.24, 2.45) is 0 Å². The van der Waals surface area contributed by atoms with Crippen LogP contribution in [0, 0.1) is 0 Å². The zero-order chi connectivity index (χ0) is 14.0. The topological polar surface area (TPSA) is 42.7 Å². The van der Waals surface area contributed by atoms with Crippen LogP contribution in [-0.4, -0.2) is 14.8 Å². The molecule has 0 unspecified atom stereocenters. The third-order valence-corrected chi connectivity index (χ3v) is 2.49. The summed E-state index contributed by atoms with van der Waals surface area (Å²) < 4.78 is 38.8. The Morgan fingerprint density at radius 3 is 2.42 bits per heavy atom. The molecule has 0 atom stereocenters. The summed E-state index contributed by atoms with van der Waals surface area (Å²) in [4.78, 5) is 3.73. The fourth-order valence-corrected chi connectivity index (χ4v) is 1.47. The summed E-state index contributed by atoms with van der Waals surface area (Å²) >= 11 is 0. The first kappa shape index (κ1) is 13.4. The molecule has 0 radical (unpaired) electrons. The van der Waals surface area contributed by atoms with Crippen LogP contribution in [0.25, 0.3) is 0 Å². The Bertz CT molecular complexity index is 543. The van der Waals surface area contributed by atoms with E-state index in [-0.39, 0.29) is 6.04 Å². The van der Waals surface area contributed by atoms with Crippen LogP contribution in [0.5, 0.6) is 0 Å². The maximum atomic E-state index is 12.4. The molecule has 0 saturated carbocycles. The molecule has 0 aliphatic carbocycles. The van der Waals surface area contributed by atoms with Crippen molar-refractivity contribution in [2.75, 3.05) is 5.32 Å². The smallest absolute Gasteiger partial charge is 0.338 e. The van der Waals surface area contributed by atoms with E-state index in [0.29, 0.717) is 11.5 Å². The first-order valence-corrected chi connectivity index (χ1v) is 5.70. The molecule has 0 bridgehead atoms. The fraction of sp³-hybridized carbons (Fsp3) is 0.333. The van der Waals surface area contributed by atoms with Gasteiger partial charge < -0.3 is 5.32 Å². The van der Waals surface area contributed by atoms with Crippen LogP contribution in [0.4, 0.5) is 24.7 Å². The minimum Gasteiger partial charge on any atom is -0.338 e. The zero-order valence-electron chi connectivity index (χ0n) is 10.4. The number of hydrogen-bond acceptors (Lipinski definition) is 3. The maximum absolute atomic E-state index is 12.4. The Hall–Kier alpha value is -2.05. The van der Waals surface area contributed by atoms with E-state index in [1.807, 2.05) is 13.8 Å². The number of nitrogens with one attached hydrogen (secondary N) is 1. The molecule has 1 N–H and O–H groups in total. The lowest BCUT2D eigenvalue weighted by Crippen LogP contribution is -2.05. The quantitative estimate of drug-likeness (QED) is 0.926. The molecule has 19 heavy (non-hydrogen) atoms. The summed E-state index contributed by atoms with van der Waals surface area (Å²) in [6.07, 6.45) is -0.202. The van der Waals surface area contributed by atoms with Crippen LogP contribution in [0.1, 0.15) is 25.5 Å². The summed E-state index contributed by atoms with van der Waals surface area (Å²) in [6, 6.07) is 2.49. The van der Waals surface area contributed by atoms with E-state index in [0.717, 1.165) is 12.3 Å². The molecule has 0 spiro atoms. The lowest BCUT2D eigenvalue weighted by Gasteiger charge is -2.07. The van der Waals surface area contributed by atoms with E-state index in [9.17, 15) is 13.2 Å². The second-order valence-corrected chi connectivity index (χ2v) is 4.36. The monoisotopic (exact) mass is 270 g/mol. The molecular weight excluding hydrogens is 257 g/mol. The normalized spacial score (nSPS) is 11.9. The van der Waals surface area contributed by atoms with Crippen LogP contribution < -0.4 is 5.32 Å². The lowest BCUT2D eigenvalue weighted by atomic mass is 10.3. The van der Waals surface area contributed by atoms with Gasteiger partial charge in [-0.15, -0.1) is 0 Å². The van der Waals surface area contributed by atoms with E-state index in [1.165, 1.54) is 6.07 Å². The predicted octanol–water partition coefficient (Wildman–Crippen LogP) is 3.62. The summed E-state index contributed by atoms with van der Waals surface area (Å²) in [5.41, 5.74) is -0.0862. The van der Waals surface area contributed by atoms with Gasteiger partial charge in [-0.25, -0.2) is 4.98 Å². The summed E-state index contributed by atoms with van der Waals surface area (Å²) in [6.45, 7) is 3.96. The minimum atomic E-state index is -4.37. The van der Waals surface area contributed by atoms with Gasteiger partial charge in [-0.2, -0.15) is 18.3 Å². The highest BCUT2D eigenvalue weighted by Crippen LogP contribution is 2.29. The lowest BCUT2D eigenvalue weighted by molar-refractivity contribution is -0.137. The molecule has 102 valence electrons. The van der Waals surface area contributed by atoms with Crippen molar-refractivity contribution in [3.8, 4) is 0 Å². The van der Waals surface area contributed by atoms with Gasteiger partial charge in [-0.1, -0.05) is 0 Å². The SMILES string of the molecule is CC(C)n1cc(Nc2ccc(C(F)(F)F)cn2)cn1. The third kappa shape index (κ3) is 3.24. The molecule has 2 rings (SSSR count). The van der Waals surface area contributed by atoms with Gasteiger partial charge >= 0.3 is 6.18 Å². The van der Waals surface area contributed by atoms with Crippen molar-refractivity contribution < 1.29 is 13.2 Å². The second kappa shape index (κ2) is 4.91. The van der Waals surface area contributed by atoms with E-state index in [4.69, 9.17) is 0 Å². The molecule has 0 amide bonds. The fourth-order valence-electron chi connectivity index (χ4n) is 1.47. The third-order valence-electron chi connectivity index (χ3n) is 2.49. The molecule has 0 saturated heterocycles. The maximum Gasteiger partial charge on any atom is 0.417 e. The average molecular weight is 270 g/mol. The number of alkyl halides is 3. The Morgan fingerprint density at radius 1 is 1.21 bits per heavy atom. The number of halogens is 3. The molecule has 2 heterocycles. The van der Waals surface area contributed by atoms with E-state index in [2.05, 4.69) is 15.4 Å². The molecule has 4 nitrogen and oxygen atoms in total. The molecule has 0 aliphatic rings. The number of pyridine rings is 1. The van der Waals surface area contributed by atoms with Crippen molar-refractivity contribution in [1.82, 2.24) is 14.8 Å². The molecule has 0 aliphatic heterocycles. The minimum absolute atomic E-state index is 0.219. The highest BCUT2D eigenvalue weighted by molar-refractivity contribution is 5.53. The van der Waals surface area contributed by atoms with Gasteiger partial charge in [0.05, 0.1) is 17.4 Å². The number of hydrogen-bond donors (Lipinski definition) is 1. The zero-order valence-corrected chi connectivity index (χ0v) is 10.4. The van der Waals surface area contributed by atoms with Crippen LogP contribution in [0.15, 0.2) is 30.7 Å². The molecule has 7 heteroatoms. The highest BCUT2D eigenvalue weighted by atomic mass is 19.4. The molecule has 0 fully saturated rings. The summed E-state index contributed by atoms with van der Waals surface area (Å²) in [7, 11) is 0. The van der Waals surface area contributed by atoms with Gasteiger partial charge in [0, 0.05) is 18.4 Å². The number of rotatable bonds is 3. The van der Waals surface area contributed by atoms with Crippen molar-refractivity contribution in [2.45, 2.75) is 26.1 Å². The number of aromatic nitrogens is 3. The molecular formula is C12H13F3N4. The Labute approximate surface area is 108 Å². The van der Waals surface area contributed by atoms with Gasteiger partial charge in [0.1, 0.15) is 5.82 Å². The number of anilines is 2. The molecule has 2 aromatic rings. The van der Waals surface area contributed by atoms with E-state index < -0.39 is 11.7 Å². The largest absolute Gasteiger partial charge is 0.417 e. The first-order valence-electron chi connectivity index (χ1n) is 5.70. The van der Waals surface area contributed by atoms with Gasteiger partial charge in [0.2, 0.25) is 0 Å². The van der Waals surface area contributed by atoms with E-state index >= 15 is 0 Å². The predicted molar refractivity (Wildman–Crippen MR) is 65.1 cm³/mol. The van der Waals surface area contributed by atoms with Gasteiger partial charge in [0.25, 0.3) is 0 Å². The summed E-state index contributed by atoms with van der Waals surface area (Å²) in [5, 5.41) is 7.01. The van der Waals surface area contributed by atoms with Crippen molar-refractivity contribution >= 4 is 11.5 Å². The van der Waals surface area contributed by atoms with Crippen molar-refractivity contribution in [3.05, 3.63) is 36.3 Å². The van der Waals surface area contributed by atoms with Crippen LogP contribution >= 0.6 is 0 Å². The summed E-state index contributed by atoms with van der Waals surface area (Å²) in [5.74, 6) is 0.344. The highest BCUT2D eigenvalue weighted by Gasteiger charge is 2.30. The van der Waals surface area contributed by atoms with E-state index in [1.54, 1.807) is 17.1 Å². The Morgan fingerprint density at radius 2 is 1.95 bits per heavy atom. The van der Waals surface area contributed by atoms with Gasteiger partial charge in [0.15, 0.2) is 0 Å². The number of nitrogens with zero attached hydrogens (tertiary/aromatic N) is 3. The van der Waals surface area contributed by atoms with Crippen molar-refractivity contribution in [1.29, 1.82) is 0 Å². The van der Waals surface area contributed by atoms with Gasteiger partial charge in [-0.05, 0) is 26.0 Å². The first-order chi connectivity index (χ1) is 8.86. The van der Waals surface area contributed by atoms with Crippen LogP contribution in [0.3, 0.4) is 0 Å². The Kier molecular flexibility index (Phi) is 3.46. The van der Waals surface area contributed by atoms with Gasteiger partial charge in [-0.3, -0.25) is 4.68 Å². The standard InChI is InChI=1S/C12H13F3N4/c1-8(2)19-7-10(6-17-19)18-11-4-3-9(5-16-11)12(13,14)15/h3-8H,1-2H3,(H,16,18). The molecule has 2 aromatic heterocycles. The van der Waals surface area contributed by atoms with Crippen molar-refractivity contribution in [3.63, 3.8) is 0 Å². The van der Waals surface area contributed by atoms with Crippen LogP contribution in [0.2, 0.25) is 0 Å². The average Bonchev–Trinajstić information content (AvgIpc) is 2.77. The van der Waals surface area contributed by atoms with Crippen LogP contribution in [-0.2, 0) is 6.18 Å². The molecule has 0 aromatic carbocycles.